The Morgan fingerprint density at radius 3 is 2.17 bits per heavy atom. The zero-order valence-corrected chi connectivity index (χ0v) is 19.2. The molecule has 0 unspecified atom stereocenters. The largest absolute Gasteiger partial charge is 0.332 e. The Morgan fingerprint density at radius 2 is 1.66 bits per heavy atom. The minimum Gasteiger partial charge on any atom is -0.307 e. The summed E-state index contributed by atoms with van der Waals surface area (Å²) in [6, 6.07) is 1.97. The van der Waals surface area contributed by atoms with Crippen LogP contribution in [0.4, 0.5) is 10.5 Å². The second-order valence-corrected chi connectivity index (χ2v) is 11.4. The predicted octanol–water partition coefficient (Wildman–Crippen LogP) is 3.48. The minimum atomic E-state index is -3.75. The van der Waals surface area contributed by atoms with Gasteiger partial charge in [-0.1, -0.05) is 19.9 Å². The number of amides is 2. The summed E-state index contributed by atoms with van der Waals surface area (Å²) in [5.41, 5.74) is 5.39. The highest BCUT2D eigenvalue weighted by Gasteiger charge is 2.30. The summed E-state index contributed by atoms with van der Waals surface area (Å²) in [6.45, 7) is 8.62. The summed E-state index contributed by atoms with van der Waals surface area (Å²) >= 11 is 0. The summed E-state index contributed by atoms with van der Waals surface area (Å²) < 4.78 is 27.6. The number of aryl methyl sites for hydroxylation is 2. The Labute approximate surface area is 175 Å². The number of carbonyl (C=O) groups excluding carboxylic acids is 1. The number of fused-ring (bicyclic) bond motifs is 2. The fourth-order valence-electron chi connectivity index (χ4n) is 4.70. The van der Waals surface area contributed by atoms with Crippen LogP contribution in [0.3, 0.4) is 0 Å². The van der Waals surface area contributed by atoms with Gasteiger partial charge < -0.3 is 10.2 Å². The second-order valence-electron chi connectivity index (χ2n) is 9.72. The lowest BCUT2D eigenvalue weighted by Gasteiger charge is -2.32. The van der Waals surface area contributed by atoms with E-state index in [0.29, 0.717) is 12.6 Å². The molecule has 0 heterocycles. The molecule has 162 valence electrons. The number of anilines is 1. The van der Waals surface area contributed by atoms with Crippen molar-refractivity contribution in [3.8, 4) is 0 Å². The molecule has 1 aromatic rings. The molecule has 0 saturated carbocycles. The van der Waals surface area contributed by atoms with Crippen LogP contribution in [0.5, 0.6) is 0 Å². The van der Waals surface area contributed by atoms with Crippen molar-refractivity contribution >= 4 is 21.7 Å². The number of urea groups is 1. The number of carbonyl (C=O) groups is 1. The van der Waals surface area contributed by atoms with E-state index in [0.717, 1.165) is 44.2 Å². The molecule has 0 saturated heterocycles. The minimum absolute atomic E-state index is 0.102. The van der Waals surface area contributed by atoms with Gasteiger partial charge in [-0.2, -0.15) is 0 Å². The zero-order valence-electron chi connectivity index (χ0n) is 18.4. The first kappa shape index (κ1) is 22.1. The topological polar surface area (TPSA) is 78.5 Å². The number of hydrogen-bond acceptors (Lipinski definition) is 4. The van der Waals surface area contributed by atoms with Gasteiger partial charge in [-0.25, -0.2) is 17.9 Å². The van der Waals surface area contributed by atoms with Crippen LogP contribution in [0, 0.1) is 5.41 Å². The fourth-order valence-corrected chi connectivity index (χ4v) is 6.23. The molecule has 6 nitrogen and oxygen atoms in total. The van der Waals surface area contributed by atoms with E-state index in [4.69, 9.17) is 0 Å². The van der Waals surface area contributed by atoms with Gasteiger partial charge in [-0.3, -0.25) is 0 Å². The third kappa shape index (κ3) is 5.31. The van der Waals surface area contributed by atoms with E-state index in [-0.39, 0.29) is 5.75 Å². The summed E-state index contributed by atoms with van der Waals surface area (Å²) in [7, 11) is -1.76. The first-order valence-electron chi connectivity index (χ1n) is 10.7. The molecule has 0 spiro atoms. The molecule has 2 amide bonds. The van der Waals surface area contributed by atoms with Crippen LogP contribution < -0.4 is 10.0 Å². The summed E-state index contributed by atoms with van der Waals surface area (Å²) in [6.07, 6.45) is 6.14. The molecule has 0 aliphatic heterocycles. The predicted molar refractivity (Wildman–Crippen MR) is 118 cm³/mol. The van der Waals surface area contributed by atoms with Crippen molar-refractivity contribution in [3.63, 3.8) is 0 Å². The van der Waals surface area contributed by atoms with Crippen LogP contribution in [-0.2, 0) is 35.7 Å². The van der Waals surface area contributed by atoms with E-state index in [1.807, 2.05) is 20.9 Å². The Morgan fingerprint density at radius 1 is 1.10 bits per heavy atom. The second kappa shape index (κ2) is 8.26. The third-order valence-electron chi connectivity index (χ3n) is 6.10. The maximum Gasteiger partial charge on any atom is 0.332 e. The number of rotatable bonds is 7. The van der Waals surface area contributed by atoms with Crippen molar-refractivity contribution in [1.29, 1.82) is 0 Å². The molecule has 2 aliphatic rings. The van der Waals surface area contributed by atoms with E-state index in [1.165, 1.54) is 22.3 Å². The molecule has 29 heavy (non-hydrogen) atoms. The van der Waals surface area contributed by atoms with Crippen LogP contribution in [0.15, 0.2) is 6.07 Å². The van der Waals surface area contributed by atoms with Crippen molar-refractivity contribution in [2.24, 2.45) is 5.41 Å². The molecule has 0 fully saturated rings. The molecule has 3 rings (SSSR count). The average molecular weight is 422 g/mol. The Hall–Kier alpha value is -1.60. The quantitative estimate of drug-likeness (QED) is 0.706. The summed E-state index contributed by atoms with van der Waals surface area (Å²) in [4.78, 5) is 14.7. The highest BCUT2D eigenvalue weighted by atomic mass is 32.2. The van der Waals surface area contributed by atoms with Crippen LogP contribution >= 0.6 is 0 Å². The van der Waals surface area contributed by atoms with Gasteiger partial charge in [0.15, 0.2) is 0 Å². The number of nitrogens with zero attached hydrogens (tertiary/aromatic N) is 1. The monoisotopic (exact) mass is 421 g/mol. The van der Waals surface area contributed by atoms with E-state index >= 15 is 0 Å². The molecule has 2 aliphatic carbocycles. The van der Waals surface area contributed by atoms with E-state index in [2.05, 4.69) is 34.9 Å². The first-order chi connectivity index (χ1) is 13.5. The fraction of sp³-hybridized carbons (Fsp3) is 0.682. The molecular formula is C22H35N3O3S. The Balaban J connectivity index is 1.70. The molecule has 0 bridgehead atoms. The van der Waals surface area contributed by atoms with Crippen molar-refractivity contribution in [2.75, 3.05) is 24.7 Å². The van der Waals surface area contributed by atoms with E-state index < -0.39 is 21.5 Å². The summed E-state index contributed by atoms with van der Waals surface area (Å²) in [5.74, 6) is -0.102. The van der Waals surface area contributed by atoms with Gasteiger partial charge in [-0.05, 0) is 87.1 Å². The van der Waals surface area contributed by atoms with Gasteiger partial charge >= 0.3 is 6.03 Å². The SMILES string of the molecule is CC(C)N(C)CC(C)(C)CS(=O)(=O)NC(=O)Nc1c2c(cc3c1CCC3)CCC2. The molecule has 7 heteroatoms. The van der Waals surface area contributed by atoms with E-state index in [9.17, 15) is 13.2 Å². The van der Waals surface area contributed by atoms with Gasteiger partial charge in [-0.15, -0.1) is 0 Å². The van der Waals surface area contributed by atoms with Gasteiger partial charge in [0, 0.05) is 18.3 Å². The van der Waals surface area contributed by atoms with Crippen molar-refractivity contribution in [2.45, 2.75) is 72.3 Å². The highest BCUT2D eigenvalue weighted by molar-refractivity contribution is 7.90. The van der Waals surface area contributed by atoms with E-state index in [1.54, 1.807) is 0 Å². The molecule has 2 N–H and O–H groups in total. The number of benzene rings is 1. The molecule has 0 atom stereocenters. The van der Waals surface area contributed by atoms with Gasteiger partial charge in [0.05, 0.1) is 5.75 Å². The average Bonchev–Trinajstić information content (AvgIpc) is 3.20. The highest BCUT2D eigenvalue weighted by Crippen LogP contribution is 2.38. The smallest absolute Gasteiger partial charge is 0.307 e. The Kier molecular flexibility index (Phi) is 6.30. The lowest BCUT2D eigenvalue weighted by molar-refractivity contribution is 0.192. The van der Waals surface area contributed by atoms with Crippen LogP contribution in [0.2, 0.25) is 0 Å². The van der Waals surface area contributed by atoms with Crippen molar-refractivity contribution in [1.82, 2.24) is 9.62 Å². The molecule has 0 aromatic heterocycles. The first-order valence-corrected chi connectivity index (χ1v) is 12.3. The molecule has 1 aromatic carbocycles. The lowest BCUT2D eigenvalue weighted by atomic mass is 9.95. The number of sulfonamides is 1. The molecular weight excluding hydrogens is 386 g/mol. The number of nitrogens with one attached hydrogen (secondary N) is 2. The Bertz CT molecular complexity index is 859. The normalized spacial score (nSPS) is 16.2. The summed E-state index contributed by atoms with van der Waals surface area (Å²) in [5, 5.41) is 2.90. The van der Waals surface area contributed by atoms with Crippen molar-refractivity contribution in [3.05, 3.63) is 28.3 Å². The van der Waals surface area contributed by atoms with Crippen LogP contribution in [-0.4, -0.2) is 44.7 Å². The zero-order chi connectivity index (χ0) is 21.4. The maximum absolute atomic E-state index is 12.7. The van der Waals surface area contributed by atoms with Gasteiger partial charge in [0.1, 0.15) is 0 Å². The van der Waals surface area contributed by atoms with Gasteiger partial charge in [0.2, 0.25) is 10.0 Å². The third-order valence-corrected chi connectivity index (χ3v) is 7.76. The standard InChI is InChI=1S/C22H35N3O3S/c1-15(2)25(5)13-22(3,4)14-29(27,28)24-21(26)23-20-18-10-6-8-16(18)12-17-9-7-11-19(17)20/h12,15H,6-11,13-14H2,1-5H3,(H2,23,24,26). The van der Waals surface area contributed by atoms with Gasteiger partial charge in [0.25, 0.3) is 0 Å². The van der Waals surface area contributed by atoms with Crippen LogP contribution in [0.25, 0.3) is 0 Å². The molecule has 0 radical (unpaired) electrons. The number of hydrogen-bond donors (Lipinski definition) is 2. The van der Waals surface area contributed by atoms with Crippen molar-refractivity contribution < 1.29 is 13.2 Å². The maximum atomic E-state index is 12.7. The van der Waals surface area contributed by atoms with Crippen LogP contribution in [0.1, 0.15) is 62.8 Å². The lowest BCUT2D eigenvalue weighted by Crippen LogP contribution is -2.44.